The van der Waals surface area contributed by atoms with Crippen LogP contribution in [0.1, 0.15) is 49.9 Å². The Kier molecular flexibility index (Phi) is 9.26. The molecule has 0 fully saturated rings. The van der Waals surface area contributed by atoms with Gasteiger partial charge in [-0.25, -0.2) is 8.96 Å². The van der Waals surface area contributed by atoms with Crippen LogP contribution in [0.15, 0.2) is 24.3 Å². The third kappa shape index (κ3) is 7.84. The lowest BCUT2D eigenvalue weighted by molar-refractivity contribution is 0.0794. The van der Waals surface area contributed by atoms with Crippen molar-refractivity contribution >= 4 is 13.6 Å². The first-order valence-electron chi connectivity index (χ1n) is 7.83. The van der Waals surface area contributed by atoms with Crippen LogP contribution in [-0.4, -0.2) is 25.6 Å². The molecule has 1 aromatic rings. The Labute approximate surface area is 136 Å². The van der Waals surface area contributed by atoms with Crippen LogP contribution in [0.3, 0.4) is 0 Å². The van der Waals surface area contributed by atoms with Gasteiger partial charge in [0.15, 0.2) is 5.78 Å². The number of hydrogen-bond acceptors (Lipinski definition) is 5. The topological polar surface area (TPSA) is 61.8 Å². The third-order valence-corrected chi connectivity index (χ3v) is 4.46. The SMILES string of the molecule is CCCCOP(=O)(OCCCC)OCC(=O)c1ccc(F)cc1. The second-order valence-electron chi connectivity index (χ2n) is 5.02. The average Bonchev–Trinajstić information content (AvgIpc) is 2.54. The highest BCUT2D eigenvalue weighted by Crippen LogP contribution is 2.49. The Morgan fingerprint density at radius 1 is 1.00 bits per heavy atom. The quantitative estimate of drug-likeness (QED) is 0.310. The molecule has 130 valence electrons. The molecule has 0 saturated heterocycles. The van der Waals surface area contributed by atoms with Gasteiger partial charge in [0.2, 0.25) is 0 Å². The molecule has 1 aromatic carbocycles. The minimum absolute atomic E-state index is 0.241. The van der Waals surface area contributed by atoms with Crippen molar-refractivity contribution in [2.24, 2.45) is 0 Å². The number of carbonyl (C=O) groups is 1. The summed E-state index contributed by atoms with van der Waals surface area (Å²) >= 11 is 0. The number of phosphoric acid groups is 1. The molecule has 0 saturated carbocycles. The number of ketones is 1. The highest BCUT2D eigenvalue weighted by Gasteiger charge is 2.27. The van der Waals surface area contributed by atoms with Gasteiger partial charge in [-0.1, -0.05) is 26.7 Å². The van der Waals surface area contributed by atoms with E-state index in [0.717, 1.165) is 25.7 Å². The average molecular weight is 346 g/mol. The van der Waals surface area contributed by atoms with Crippen molar-refractivity contribution in [2.45, 2.75) is 39.5 Å². The summed E-state index contributed by atoms with van der Waals surface area (Å²) < 4.78 is 40.9. The molecule has 0 unspecified atom stereocenters. The summed E-state index contributed by atoms with van der Waals surface area (Å²) in [6, 6.07) is 5.06. The Morgan fingerprint density at radius 3 is 2.00 bits per heavy atom. The zero-order valence-electron chi connectivity index (χ0n) is 13.6. The second kappa shape index (κ2) is 10.7. The minimum Gasteiger partial charge on any atom is -0.292 e. The predicted molar refractivity (Wildman–Crippen MR) is 86.0 cm³/mol. The van der Waals surface area contributed by atoms with E-state index < -0.39 is 26.0 Å². The zero-order valence-corrected chi connectivity index (χ0v) is 14.5. The van der Waals surface area contributed by atoms with Gasteiger partial charge in [0, 0.05) is 5.56 Å². The summed E-state index contributed by atoms with van der Waals surface area (Å²) in [6.07, 6.45) is 3.19. The molecule has 0 heterocycles. The largest absolute Gasteiger partial charge is 0.475 e. The van der Waals surface area contributed by atoms with Gasteiger partial charge in [-0.15, -0.1) is 0 Å². The van der Waals surface area contributed by atoms with E-state index in [9.17, 15) is 13.8 Å². The lowest BCUT2D eigenvalue weighted by Crippen LogP contribution is -2.11. The molecule has 0 aliphatic heterocycles. The highest BCUT2D eigenvalue weighted by molar-refractivity contribution is 7.48. The Balaban J connectivity index is 2.58. The van der Waals surface area contributed by atoms with Crippen LogP contribution in [0, 0.1) is 5.82 Å². The van der Waals surface area contributed by atoms with Gasteiger partial charge < -0.3 is 0 Å². The van der Waals surface area contributed by atoms with Gasteiger partial charge in [-0.05, 0) is 37.1 Å². The van der Waals surface area contributed by atoms with Crippen LogP contribution < -0.4 is 0 Å². The molecule has 0 amide bonds. The van der Waals surface area contributed by atoms with Crippen molar-refractivity contribution in [3.63, 3.8) is 0 Å². The van der Waals surface area contributed by atoms with E-state index in [4.69, 9.17) is 13.6 Å². The number of unbranched alkanes of at least 4 members (excludes halogenated alkanes) is 2. The number of benzene rings is 1. The van der Waals surface area contributed by atoms with Crippen molar-refractivity contribution in [3.8, 4) is 0 Å². The first kappa shape index (κ1) is 20.0. The first-order valence-corrected chi connectivity index (χ1v) is 9.29. The Hall–Kier alpha value is -1.07. The summed E-state index contributed by atoms with van der Waals surface area (Å²) in [6.45, 7) is 3.99. The first-order chi connectivity index (χ1) is 11.0. The molecule has 23 heavy (non-hydrogen) atoms. The molecule has 0 aliphatic carbocycles. The van der Waals surface area contributed by atoms with Crippen LogP contribution in [0.25, 0.3) is 0 Å². The van der Waals surface area contributed by atoms with Crippen LogP contribution in [0.4, 0.5) is 4.39 Å². The lowest BCUT2D eigenvalue weighted by atomic mass is 10.1. The molecule has 7 heteroatoms. The monoisotopic (exact) mass is 346 g/mol. The summed E-state index contributed by atoms with van der Waals surface area (Å²) in [4.78, 5) is 12.0. The number of Topliss-reactive ketones (excluding diaryl/α,β-unsaturated/α-hetero) is 1. The molecular weight excluding hydrogens is 322 g/mol. The van der Waals surface area contributed by atoms with E-state index in [1.165, 1.54) is 24.3 Å². The number of hydrogen-bond donors (Lipinski definition) is 0. The molecule has 0 aromatic heterocycles. The molecule has 0 atom stereocenters. The predicted octanol–water partition coefficient (Wildman–Crippen LogP) is 4.77. The Morgan fingerprint density at radius 2 is 1.52 bits per heavy atom. The Bertz CT molecular complexity index is 504. The fraction of sp³-hybridized carbons (Fsp3) is 0.562. The second-order valence-corrected chi connectivity index (χ2v) is 6.69. The summed E-state index contributed by atoms with van der Waals surface area (Å²) in [5, 5.41) is 0. The van der Waals surface area contributed by atoms with Gasteiger partial charge >= 0.3 is 7.82 Å². The van der Waals surface area contributed by atoms with Crippen molar-refractivity contribution in [1.82, 2.24) is 0 Å². The van der Waals surface area contributed by atoms with Crippen LogP contribution in [0.2, 0.25) is 0 Å². The van der Waals surface area contributed by atoms with Crippen molar-refractivity contribution < 1.29 is 27.3 Å². The van der Waals surface area contributed by atoms with E-state index in [1.54, 1.807) is 0 Å². The molecule has 1 rings (SSSR count). The normalized spacial score (nSPS) is 11.6. The van der Waals surface area contributed by atoms with E-state index >= 15 is 0 Å². The molecule has 0 N–H and O–H groups in total. The van der Waals surface area contributed by atoms with Gasteiger partial charge in [0.25, 0.3) is 0 Å². The summed E-state index contributed by atoms with van der Waals surface area (Å²) in [7, 11) is -3.76. The number of phosphoric ester groups is 1. The van der Waals surface area contributed by atoms with E-state index in [0.29, 0.717) is 0 Å². The third-order valence-electron chi connectivity index (χ3n) is 3.01. The van der Waals surface area contributed by atoms with Gasteiger partial charge in [-0.2, -0.15) is 0 Å². The molecule has 0 aliphatic rings. The van der Waals surface area contributed by atoms with Gasteiger partial charge in [-0.3, -0.25) is 18.4 Å². The maximum absolute atomic E-state index is 12.8. The fourth-order valence-electron chi connectivity index (χ4n) is 1.61. The highest BCUT2D eigenvalue weighted by atomic mass is 31.2. The smallest absolute Gasteiger partial charge is 0.292 e. The molecule has 0 spiro atoms. The van der Waals surface area contributed by atoms with Crippen molar-refractivity contribution in [2.75, 3.05) is 19.8 Å². The van der Waals surface area contributed by atoms with Crippen LogP contribution in [0.5, 0.6) is 0 Å². The molecule has 5 nitrogen and oxygen atoms in total. The van der Waals surface area contributed by atoms with Gasteiger partial charge in [0.05, 0.1) is 13.2 Å². The van der Waals surface area contributed by atoms with Crippen LogP contribution in [-0.2, 0) is 18.1 Å². The van der Waals surface area contributed by atoms with E-state index in [-0.39, 0.29) is 18.8 Å². The van der Waals surface area contributed by atoms with Gasteiger partial charge in [0.1, 0.15) is 12.4 Å². The number of carbonyl (C=O) groups excluding carboxylic acids is 1. The summed E-state index contributed by atoms with van der Waals surface area (Å²) in [5.74, 6) is -0.845. The number of rotatable bonds is 12. The standard InChI is InChI=1S/C16H24FO5P/c1-3-5-11-20-23(19,21-12-6-4-2)22-13-16(18)14-7-9-15(17)10-8-14/h7-10H,3-6,11-13H2,1-2H3. The fourth-order valence-corrected chi connectivity index (χ4v) is 2.81. The maximum atomic E-state index is 12.8. The molecular formula is C16H24FO5P. The molecule has 0 bridgehead atoms. The minimum atomic E-state index is -3.76. The lowest BCUT2D eigenvalue weighted by Gasteiger charge is -2.17. The van der Waals surface area contributed by atoms with E-state index in [1.807, 2.05) is 13.8 Å². The van der Waals surface area contributed by atoms with Crippen molar-refractivity contribution in [3.05, 3.63) is 35.6 Å². The molecule has 0 radical (unpaired) electrons. The van der Waals surface area contributed by atoms with E-state index in [2.05, 4.69) is 0 Å². The van der Waals surface area contributed by atoms with Crippen molar-refractivity contribution in [1.29, 1.82) is 0 Å². The van der Waals surface area contributed by atoms with Crippen LogP contribution >= 0.6 is 7.82 Å². The number of halogens is 1. The zero-order chi connectivity index (χ0) is 17.1. The summed E-state index contributed by atoms with van der Waals surface area (Å²) in [5.41, 5.74) is 0.278. The maximum Gasteiger partial charge on any atom is 0.475 e.